The smallest absolute Gasteiger partial charge is 0.408 e. The lowest BCUT2D eigenvalue weighted by atomic mass is 9.94. The van der Waals surface area contributed by atoms with E-state index in [0.29, 0.717) is 6.07 Å². The van der Waals surface area contributed by atoms with Crippen molar-refractivity contribution in [2.24, 2.45) is 7.05 Å². The van der Waals surface area contributed by atoms with Crippen LogP contribution >= 0.6 is 0 Å². The monoisotopic (exact) mass is 689 g/mol. The van der Waals surface area contributed by atoms with E-state index in [1.165, 1.54) is 39.1 Å². The highest BCUT2D eigenvalue weighted by atomic mass is 32.2. The Morgan fingerprint density at radius 1 is 1.04 bits per heavy atom. The third-order valence-electron chi connectivity index (χ3n) is 6.83. The van der Waals surface area contributed by atoms with Crippen LogP contribution in [0.25, 0.3) is 22.0 Å². The van der Waals surface area contributed by atoms with Crippen LogP contribution in [0.4, 0.5) is 22.4 Å². The van der Waals surface area contributed by atoms with Gasteiger partial charge in [0.15, 0.2) is 6.10 Å². The van der Waals surface area contributed by atoms with Gasteiger partial charge < -0.3 is 15.2 Å². The molecule has 48 heavy (non-hydrogen) atoms. The Morgan fingerprint density at radius 3 is 2.23 bits per heavy atom. The van der Waals surface area contributed by atoms with Crippen LogP contribution < -0.4 is 10.0 Å². The Labute approximate surface area is 275 Å². The average molecular weight is 690 g/mol. The van der Waals surface area contributed by atoms with Crippen LogP contribution in [0.15, 0.2) is 47.5 Å². The molecule has 2 heterocycles. The number of hydrogen-bond donors (Lipinski definition) is 3. The SMILES string of the molecule is CNS(=O)(=O)c1nn(C)c2c(-c3ccc(C#CC(C)(C)O)nc3[C@H](Cc3cc(F)cc(F)c3)OC(=O)NC(C)(C)C)ccc(C(F)F)c12. The molecule has 0 aliphatic carbocycles. The zero-order valence-electron chi connectivity index (χ0n) is 27.2. The molecule has 1 atom stereocenters. The molecule has 0 bridgehead atoms. The van der Waals surface area contributed by atoms with Crippen molar-refractivity contribution in [2.45, 2.75) is 69.7 Å². The Hall–Kier alpha value is -4.52. The molecule has 10 nitrogen and oxygen atoms in total. The summed E-state index contributed by atoms with van der Waals surface area (Å²) in [5, 5.41) is 16.0. The predicted octanol–water partition coefficient (Wildman–Crippen LogP) is 5.69. The van der Waals surface area contributed by atoms with Crippen molar-refractivity contribution in [1.82, 2.24) is 24.8 Å². The number of carbonyl (C=O) groups is 1. The molecule has 1 amide bonds. The van der Waals surface area contributed by atoms with Crippen molar-refractivity contribution >= 4 is 27.0 Å². The van der Waals surface area contributed by atoms with E-state index in [0.717, 1.165) is 29.9 Å². The number of carbonyl (C=O) groups excluding carboxylic acids is 1. The molecule has 0 fully saturated rings. The number of ether oxygens (including phenoxy) is 1. The third-order valence-corrected chi connectivity index (χ3v) is 8.17. The number of aromatic nitrogens is 3. The number of aryl methyl sites for hydroxylation is 1. The molecule has 3 N–H and O–H groups in total. The fourth-order valence-corrected chi connectivity index (χ4v) is 5.83. The van der Waals surface area contributed by atoms with E-state index in [4.69, 9.17) is 4.74 Å². The van der Waals surface area contributed by atoms with Crippen molar-refractivity contribution in [2.75, 3.05) is 7.05 Å². The van der Waals surface area contributed by atoms with Crippen LogP contribution in [0.2, 0.25) is 0 Å². The lowest BCUT2D eigenvalue weighted by Gasteiger charge is -2.25. The van der Waals surface area contributed by atoms with Crippen LogP contribution in [0.5, 0.6) is 0 Å². The van der Waals surface area contributed by atoms with Crippen molar-refractivity contribution in [1.29, 1.82) is 0 Å². The normalized spacial score (nSPS) is 12.9. The summed E-state index contributed by atoms with van der Waals surface area (Å²) in [6.07, 6.45) is -5.62. The molecule has 15 heteroatoms. The first-order valence-electron chi connectivity index (χ1n) is 14.6. The molecule has 0 unspecified atom stereocenters. The maximum Gasteiger partial charge on any atom is 0.408 e. The molecule has 0 saturated heterocycles. The summed E-state index contributed by atoms with van der Waals surface area (Å²) in [5.41, 5.74) is -2.18. The second-order valence-electron chi connectivity index (χ2n) is 12.6. The minimum atomic E-state index is -4.32. The molecule has 0 aliphatic heterocycles. The summed E-state index contributed by atoms with van der Waals surface area (Å²) in [5.74, 6) is 3.63. The van der Waals surface area contributed by atoms with Gasteiger partial charge in [-0.2, -0.15) is 5.10 Å². The fourth-order valence-electron chi connectivity index (χ4n) is 4.92. The standard InChI is InChI=1S/C33H35F4N5O5S/c1-32(2,3)40-31(43)47-25(16-18-14-19(34)17-20(35)15-18)27-22(9-8-21(39-27)12-13-33(4,5)44)23-10-11-24(29(36)37)26-28(23)42(7)41-30(26)48(45,46)38-6/h8-11,14-15,17,25,29,38,44H,16H2,1-7H3,(H,40,43)/t25-/m0/s1. The maximum atomic E-state index is 14.3. The van der Waals surface area contributed by atoms with Gasteiger partial charge in [0.05, 0.1) is 11.2 Å². The van der Waals surface area contributed by atoms with Gasteiger partial charge in [-0.3, -0.25) is 4.68 Å². The lowest BCUT2D eigenvalue weighted by molar-refractivity contribution is 0.0890. The number of benzene rings is 2. The molecule has 4 aromatic rings. The summed E-state index contributed by atoms with van der Waals surface area (Å²) in [6, 6.07) is 8.18. The summed E-state index contributed by atoms with van der Waals surface area (Å²) < 4.78 is 92.1. The number of nitrogens with zero attached hydrogens (tertiary/aromatic N) is 3. The van der Waals surface area contributed by atoms with Crippen LogP contribution in [0, 0.1) is 23.5 Å². The van der Waals surface area contributed by atoms with Crippen LogP contribution in [-0.2, 0) is 28.2 Å². The van der Waals surface area contributed by atoms with E-state index >= 15 is 0 Å². The van der Waals surface area contributed by atoms with E-state index in [1.54, 1.807) is 20.8 Å². The highest BCUT2D eigenvalue weighted by Gasteiger charge is 2.31. The van der Waals surface area contributed by atoms with E-state index < -0.39 is 62.0 Å². The zero-order valence-corrected chi connectivity index (χ0v) is 28.1. The quantitative estimate of drug-likeness (QED) is 0.160. The number of alkyl carbamates (subject to hydrolysis) is 1. The number of halogens is 4. The van der Waals surface area contributed by atoms with Crippen molar-refractivity contribution in [3.63, 3.8) is 0 Å². The first-order chi connectivity index (χ1) is 22.2. The number of alkyl halides is 2. The van der Waals surface area contributed by atoms with E-state index in [2.05, 4.69) is 32.0 Å². The molecular formula is C33H35F4N5O5S. The molecule has 4 rings (SSSR count). The zero-order chi connectivity index (χ0) is 35.8. The Bertz CT molecular complexity index is 2020. The van der Waals surface area contributed by atoms with Crippen LogP contribution in [-0.4, -0.2) is 52.6 Å². The minimum absolute atomic E-state index is 0.00315. The minimum Gasteiger partial charge on any atom is -0.439 e. The van der Waals surface area contributed by atoms with Gasteiger partial charge in [-0.15, -0.1) is 0 Å². The van der Waals surface area contributed by atoms with Gasteiger partial charge in [0.2, 0.25) is 5.03 Å². The second kappa shape index (κ2) is 13.5. The van der Waals surface area contributed by atoms with E-state index in [-0.39, 0.29) is 45.4 Å². The number of pyridine rings is 1. The molecule has 0 aliphatic rings. The fraction of sp³-hybridized carbons (Fsp3) is 0.364. The first kappa shape index (κ1) is 36.3. The number of nitrogens with one attached hydrogen (secondary N) is 2. The van der Waals surface area contributed by atoms with Gasteiger partial charge >= 0.3 is 6.09 Å². The Morgan fingerprint density at radius 2 is 1.67 bits per heavy atom. The molecule has 2 aromatic heterocycles. The summed E-state index contributed by atoms with van der Waals surface area (Å²) >= 11 is 0. The maximum absolute atomic E-state index is 14.3. The molecule has 2 aromatic carbocycles. The highest BCUT2D eigenvalue weighted by Crippen LogP contribution is 2.41. The summed E-state index contributed by atoms with van der Waals surface area (Å²) in [7, 11) is -1.81. The van der Waals surface area contributed by atoms with Crippen molar-refractivity contribution in [3.05, 3.63) is 76.6 Å². The second-order valence-corrected chi connectivity index (χ2v) is 14.4. The highest BCUT2D eigenvalue weighted by molar-refractivity contribution is 7.89. The Kier molecular flexibility index (Phi) is 10.2. The van der Waals surface area contributed by atoms with Crippen LogP contribution in [0.3, 0.4) is 0 Å². The molecule has 0 saturated carbocycles. The van der Waals surface area contributed by atoms with Crippen molar-refractivity contribution < 1.29 is 40.6 Å². The average Bonchev–Trinajstić information content (AvgIpc) is 3.31. The summed E-state index contributed by atoms with van der Waals surface area (Å²) in [4.78, 5) is 17.8. The number of fused-ring (bicyclic) bond motifs is 1. The first-order valence-corrected chi connectivity index (χ1v) is 16.1. The van der Waals surface area contributed by atoms with Gasteiger partial charge in [-0.05, 0) is 77.4 Å². The number of sulfonamides is 1. The Balaban J connectivity index is 2.08. The van der Waals surface area contributed by atoms with Crippen LogP contribution in [0.1, 0.15) is 69.7 Å². The van der Waals surface area contributed by atoms with E-state index in [9.17, 15) is 35.9 Å². The van der Waals surface area contributed by atoms with Gasteiger partial charge in [0.1, 0.15) is 22.9 Å². The van der Waals surface area contributed by atoms with Crippen molar-refractivity contribution in [3.8, 4) is 23.0 Å². The molecule has 0 spiro atoms. The van der Waals surface area contributed by atoms with Gasteiger partial charge in [0.25, 0.3) is 16.4 Å². The van der Waals surface area contributed by atoms with Gasteiger partial charge in [0, 0.05) is 47.2 Å². The number of aliphatic hydroxyl groups is 1. The molecule has 256 valence electrons. The number of amides is 1. The van der Waals surface area contributed by atoms with Gasteiger partial charge in [-0.1, -0.05) is 18.1 Å². The lowest BCUT2D eigenvalue weighted by Crippen LogP contribution is -2.41. The topological polar surface area (TPSA) is 135 Å². The number of hydrogen-bond acceptors (Lipinski definition) is 7. The summed E-state index contributed by atoms with van der Waals surface area (Å²) in [6.45, 7) is 8.04. The van der Waals surface area contributed by atoms with Gasteiger partial charge in [-0.25, -0.2) is 40.5 Å². The molecule has 0 radical (unpaired) electrons. The number of rotatable bonds is 8. The molecular weight excluding hydrogens is 654 g/mol. The third kappa shape index (κ3) is 8.49. The predicted molar refractivity (Wildman–Crippen MR) is 170 cm³/mol. The van der Waals surface area contributed by atoms with E-state index in [1.807, 2.05) is 0 Å². The largest absolute Gasteiger partial charge is 0.439 e.